The van der Waals surface area contributed by atoms with Crippen molar-refractivity contribution >= 4 is 0 Å². The summed E-state index contributed by atoms with van der Waals surface area (Å²) < 4.78 is 0. The molecule has 1 heteroatoms. The summed E-state index contributed by atoms with van der Waals surface area (Å²) in [6, 6.07) is 0.520. The van der Waals surface area contributed by atoms with Crippen LogP contribution in [0, 0.1) is 0 Å². The normalized spacial score (nSPS) is 10.4. The highest BCUT2D eigenvalue weighted by Crippen LogP contribution is 1.75. The van der Waals surface area contributed by atoms with Gasteiger partial charge in [-0.15, -0.1) is 0 Å². The number of rotatable bonds is 3. The summed E-state index contributed by atoms with van der Waals surface area (Å²) in [5, 5.41) is 3.09. The molecule has 0 aromatic rings. The van der Waals surface area contributed by atoms with Gasteiger partial charge in [0.2, 0.25) is 0 Å². The monoisotopic (exact) mass is 111 g/mol. The summed E-state index contributed by atoms with van der Waals surface area (Å²) in [5.74, 6) is 0. The van der Waals surface area contributed by atoms with Gasteiger partial charge in [-0.3, -0.25) is 0 Å². The fraction of sp³-hybridized carbons (Fsp3) is 0.429. The summed E-state index contributed by atoms with van der Waals surface area (Å²) in [6.45, 7) is 7.71. The third-order valence-corrected chi connectivity index (χ3v) is 0.662. The van der Waals surface area contributed by atoms with E-state index in [1.165, 1.54) is 0 Å². The summed E-state index contributed by atoms with van der Waals surface area (Å²) in [7, 11) is 0. The Hall–Kier alpha value is -0.720. The van der Waals surface area contributed by atoms with Crippen LogP contribution in [0.2, 0.25) is 0 Å². The van der Waals surface area contributed by atoms with Crippen LogP contribution >= 0.6 is 0 Å². The van der Waals surface area contributed by atoms with E-state index in [1.807, 2.05) is 12.3 Å². The van der Waals surface area contributed by atoms with Gasteiger partial charge in [0.05, 0.1) is 0 Å². The van der Waals surface area contributed by atoms with Crippen LogP contribution in [0.15, 0.2) is 24.9 Å². The Morgan fingerprint density at radius 2 is 2.12 bits per heavy atom. The molecule has 46 valence electrons. The average molecular weight is 111 g/mol. The van der Waals surface area contributed by atoms with Gasteiger partial charge in [-0.2, -0.15) is 0 Å². The van der Waals surface area contributed by atoms with Crippen molar-refractivity contribution in [3.05, 3.63) is 24.9 Å². The third kappa shape index (κ3) is 5.28. The maximum Gasteiger partial charge on any atom is 0.0199 e. The molecule has 0 aromatic carbocycles. The average Bonchev–Trinajstić information content (AvgIpc) is 1.66. The molecule has 8 heavy (non-hydrogen) atoms. The first-order valence-electron chi connectivity index (χ1n) is 2.81. The van der Waals surface area contributed by atoms with Crippen molar-refractivity contribution in [2.24, 2.45) is 0 Å². The highest BCUT2D eigenvalue weighted by molar-refractivity contribution is 4.95. The maximum atomic E-state index is 3.53. The Labute approximate surface area is 51.1 Å². The van der Waals surface area contributed by atoms with Crippen LogP contribution in [-0.4, -0.2) is 6.04 Å². The molecule has 0 aliphatic rings. The van der Waals surface area contributed by atoms with E-state index in [9.17, 15) is 0 Å². The Bertz CT molecular complexity index is 82.4. The molecule has 0 aliphatic heterocycles. The highest BCUT2D eigenvalue weighted by Gasteiger charge is 1.80. The molecular formula is C7H13N. The van der Waals surface area contributed by atoms with Crippen LogP contribution in [0.25, 0.3) is 0 Å². The van der Waals surface area contributed by atoms with E-state index in [1.54, 1.807) is 6.08 Å². The van der Waals surface area contributed by atoms with Crippen LogP contribution in [0.3, 0.4) is 0 Å². The smallest absolute Gasteiger partial charge is 0.0199 e. The second kappa shape index (κ2) is 4.44. The van der Waals surface area contributed by atoms with E-state index in [4.69, 9.17) is 0 Å². The molecule has 0 bridgehead atoms. The zero-order valence-corrected chi connectivity index (χ0v) is 5.52. The van der Waals surface area contributed by atoms with Crippen molar-refractivity contribution < 1.29 is 0 Å². The predicted octanol–water partition coefficient (Wildman–Crippen LogP) is 1.68. The molecule has 1 nitrogen and oxygen atoms in total. The van der Waals surface area contributed by atoms with Crippen LogP contribution in [0.4, 0.5) is 0 Å². The van der Waals surface area contributed by atoms with Gasteiger partial charge in [0.1, 0.15) is 0 Å². The van der Waals surface area contributed by atoms with Gasteiger partial charge in [0, 0.05) is 6.04 Å². The van der Waals surface area contributed by atoms with Gasteiger partial charge in [0.15, 0.2) is 0 Å². The van der Waals surface area contributed by atoms with Crippen LogP contribution in [0.1, 0.15) is 13.8 Å². The first-order valence-corrected chi connectivity index (χ1v) is 2.81. The Morgan fingerprint density at radius 1 is 1.50 bits per heavy atom. The summed E-state index contributed by atoms with van der Waals surface area (Å²) in [5.41, 5.74) is 0. The Kier molecular flexibility index (Phi) is 4.04. The molecule has 0 aliphatic carbocycles. The molecule has 0 radical (unpaired) electrons. The second-order valence-electron chi connectivity index (χ2n) is 1.92. The van der Waals surface area contributed by atoms with Gasteiger partial charge >= 0.3 is 0 Å². The molecule has 1 N–H and O–H groups in total. The SMILES string of the molecule is C=C/C=C\NC(C)C. The van der Waals surface area contributed by atoms with Crippen LogP contribution in [0.5, 0.6) is 0 Å². The molecule has 0 amide bonds. The van der Waals surface area contributed by atoms with Gasteiger partial charge in [-0.25, -0.2) is 0 Å². The first-order chi connectivity index (χ1) is 3.77. The van der Waals surface area contributed by atoms with E-state index < -0.39 is 0 Å². The quantitative estimate of drug-likeness (QED) is 0.546. The lowest BCUT2D eigenvalue weighted by atomic mass is 10.4. The molecule has 0 saturated carbocycles. The fourth-order valence-corrected chi connectivity index (χ4v) is 0.316. The maximum absolute atomic E-state index is 3.53. The lowest BCUT2D eigenvalue weighted by molar-refractivity contribution is 0.703. The minimum absolute atomic E-state index is 0.520. The molecule has 0 saturated heterocycles. The largest absolute Gasteiger partial charge is 0.389 e. The minimum Gasteiger partial charge on any atom is -0.389 e. The highest BCUT2D eigenvalue weighted by atomic mass is 14.9. The van der Waals surface area contributed by atoms with E-state index in [0.29, 0.717) is 6.04 Å². The predicted molar refractivity (Wildman–Crippen MR) is 37.6 cm³/mol. The van der Waals surface area contributed by atoms with Gasteiger partial charge in [0.25, 0.3) is 0 Å². The molecule has 0 rings (SSSR count). The molecular weight excluding hydrogens is 98.1 g/mol. The summed E-state index contributed by atoms with van der Waals surface area (Å²) in [6.07, 6.45) is 5.51. The Morgan fingerprint density at radius 3 is 2.50 bits per heavy atom. The molecule has 0 heterocycles. The number of hydrogen-bond acceptors (Lipinski definition) is 1. The Balaban J connectivity index is 3.15. The summed E-state index contributed by atoms with van der Waals surface area (Å²) >= 11 is 0. The number of nitrogens with one attached hydrogen (secondary N) is 1. The van der Waals surface area contributed by atoms with E-state index in [2.05, 4.69) is 25.7 Å². The van der Waals surface area contributed by atoms with Crippen molar-refractivity contribution in [1.29, 1.82) is 0 Å². The van der Waals surface area contributed by atoms with Crippen LogP contribution < -0.4 is 5.32 Å². The lowest BCUT2D eigenvalue weighted by Crippen LogP contribution is -2.14. The zero-order chi connectivity index (χ0) is 6.41. The molecule has 0 atom stereocenters. The number of hydrogen-bond donors (Lipinski definition) is 1. The lowest BCUT2D eigenvalue weighted by Gasteiger charge is -2.00. The molecule has 0 fully saturated rings. The van der Waals surface area contributed by atoms with E-state index in [0.717, 1.165) is 0 Å². The van der Waals surface area contributed by atoms with Crippen molar-refractivity contribution in [1.82, 2.24) is 5.32 Å². The first kappa shape index (κ1) is 7.28. The molecule has 0 aromatic heterocycles. The van der Waals surface area contributed by atoms with Crippen molar-refractivity contribution in [3.63, 3.8) is 0 Å². The molecule has 0 spiro atoms. The number of allylic oxidation sites excluding steroid dienone is 2. The zero-order valence-electron chi connectivity index (χ0n) is 5.52. The van der Waals surface area contributed by atoms with Crippen molar-refractivity contribution in [3.8, 4) is 0 Å². The third-order valence-electron chi connectivity index (χ3n) is 0.662. The van der Waals surface area contributed by atoms with Gasteiger partial charge in [-0.05, 0) is 26.1 Å². The second-order valence-corrected chi connectivity index (χ2v) is 1.92. The van der Waals surface area contributed by atoms with Crippen molar-refractivity contribution in [2.45, 2.75) is 19.9 Å². The van der Waals surface area contributed by atoms with Crippen LogP contribution in [-0.2, 0) is 0 Å². The standard InChI is InChI=1S/C7H13N/c1-4-5-6-8-7(2)3/h4-8H,1H2,2-3H3/b6-5-. The van der Waals surface area contributed by atoms with E-state index >= 15 is 0 Å². The fourth-order valence-electron chi connectivity index (χ4n) is 0.316. The molecule has 0 unspecified atom stereocenters. The van der Waals surface area contributed by atoms with E-state index in [-0.39, 0.29) is 0 Å². The minimum atomic E-state index is 0.520. The van der Waals surface area contributed by atoms with Gasteiger partial charge < -0.3 is 5.32 Å². The van der Waals surface area contributed by atoms with Gasteiger partial charge in [-0.1, -0.05) is 12.7 Å². The topological polar surface area (TPSA) is 12.0 Å². The summed E-state index contributed by atoms with van der Waals surface area (Å²) in [4.78, 5) is 0. The van der Waals surface area contributed by atoms with Crippen molar-refractivity contribution in [2.75, 3.05) is 0 Å².